The molecule has 5 nitrogen and oxygen atoms in total. The standard InChI is InChI=1S/C14H18N4O/c15-9-1-6-13-12(7-9)14(17-8-16-13)18-10-2-4-11(19)5-3-10/h1,6-8,10-11,19H,2-5,15H2,(H,16,17,18). The van der Waals surface area contributed by atoms with Crippen LogP contribution in [0.1, 0.15) is 25.7 Å². The quantitative estimate of drug-likeness (QED) is 0.717. The Morgan fingerprint density at radius 3 is 2.74 bits per heavy atom. The van der Waals surface area contributed by atoms with Gasteiger partial charge >= 0.3 is 0 Å². The minimum absolute atomic E-state index is 0.143. The Morgan fingerprint density at radius 2 is 1.95 bits per heavy atom. The molecule has 1 aliphatic carbocycles. The summed E-state index contributed by atoms with van der Waals surface area (Å²) in [6, 6.07) is 6.01. The third-order valence-corrected chi connectivity index (χ3v) is 3.70. The molecular formula is C14H18N4O. The molecule has 1 aromatic carbocycles. The maximum Gasteiger partial charge on any atom is 0.137 e. The summed E-state index contributed by atoms with van der Waals surface area (Å²) < 4.78 is 0. The summed E-state index contributed by atoms with van der Waals surface area (Å²) in [5.74, 6) is 0.832. The normalized spacial score (nSPS) is 23.4. The summed E-state index contributed by atoms with van der Waals surface area (Å²) in [6.07, 6.45) is 5.06. The van der Waals surface area contributed by atoms with Crippen LogP contribution in [-0.2, 0) is 0 Å². The van der Waals surface area contributed by atoms with E-state index in [0.717, 1.165) is 42.4 Å². The lowest BCUT2D eigenvalue weighted by atomic mass is 9.93. The molecule has 0 amide bonds. The number of rotatable bonds is 2. The zero-order chi connectivity index (χ0) is 13.2. The first-order valence-electron chi connectivity index (χ1n) is 6.67. The van der Waals surface area contributed by atoms with Crippen LogP contribution in [-0.4, -0.2) is 27.2 Å². The molecule has 1 heterocycles. The van der Waals surface area contributed by atoms with E-state index in [4.69, 9.17) is 5.73 Å². The summed E-state index contributed by atoms with van der Waals surface area (Å²) in [7, 11) is 0. The van der Waals surface area contributed by atoms with E-state index in [9.17, 15) is 5.11 Å². The predicted octanol–water partition coefficient (Wildman–Crippen LogP) is 1.93. The summed E-state index contributed by atoms with van der Waals surface area (Å²) in [6.45, 7) is 0. The van der Waals surface area contributed by atoms with Crippen molar-refractivity contribution in [2.45, 2.75) is 37.8 Å². The van der Waals surface area contributed by atoms with Crippen LogP contribution in [0.4, 0.5) is 11.5 Å². The average molecular weight is 258 g/mol. The lowest BCUT2D eigenvalue weighted by Crippen LogP contribution is -2.28. The van der Waals surface area contributed by atoms with Gasteiger partial charge in [0.05, 0.1) is 11.6 Å². The molecule has 0 spiro atoms. The smallest absolute Gasteiger partial charge is 0.137 e. The molecule has 1 fully saturated rings. The van der Waals surface area contributed by atoms with Crippen molar-refractivity contribution in [1.29, 1.82) is 0 Å². The van der Waals surface area contributed by atoms with E-state index in [1.807, 2.05) is 18.2 Å². The highest BCUT2D eigenvalue weighted by Crippen LogP contribution is 2.26. The maximum atomic E-state index is 9.53. The number of anilines is 2. The lowest BCUT2D eigenvalue weighted by Gasteiger charge is -2.26. The number of aliphatic hydroxyl groups is 1. The van der Waals surface area contributed by atoms with Crippen LogP contribution in [0.25, 0.3) is 10.9 Å². The van der Waals surface area contributed by atoms with Gasteiger partial charge in [0.25, 0.3) is 0 Å². The van der Waals surface area contributed by atoms with E-state index < -0.39 is 0 Å². The number of nitrogens with two attached hydrogens (primary N) is 1. The Balaban J connectivity index is 1.86. The van der Waals surface area contributed by atoms with Gasteiger partial charge in [-0.3, -0.25) is 0 Å². The van der Waals surface area contributed by atoms with Crippen molar-refractivity contribution in [3.8, 4) is 0 Å². The molecule has 0 saturated heterocycles. The molecular weight excluding hydrogens is 240 g/mol. The van der Waals surface area contributed by atoms with E-state index in [1.165, 1.54) is 0 Å². The SMILES string of the molecule is Nc1ccc2ncnc(NC3CCC(O)CC3)c2c1. The Bertz CT molecular complexity index is 579. The summed E-state index contributed by atoms with van der Waals surface area (Å²) >= 11 is 0. The number of aliphatic hydroxyl groups excluding tert-OH is 1. The van der Waals surface area contributed by atoms with Crippen LogP contribution in [0.5, 0.6) is 0 Å². The van der Waals surface area contributed by atoms with Crippen LogP contribution in [0.2, 0.25) is 0 Å². The Kier molecular flexibility index (Phi) is 3.21. The average Bonchev–Trinajstić information content (AvgIpc) is 2.42. The molecule has 0 aliphatic heterocycles. The Labute approximate surface area is 111 Å². The van der Waals surface area contributed by atoms with Crippen LogP contribution in [0.15, 0.2) is 24.5 Å². The van der Waals surface area contributed by atoms with Gasteiger partial charge in [-0.25, -0.2) is 9.97 Å². The summed E-state index contributed by atoms with van der Waals surface area (Å²) in [4.78, 5) is 8.56. The molecule has 1 aromatic heterocycles. The van der Waals surface area contributed by atoms with Gasteiger partial charge in [-0.05, 0) is 43.9 Å². The van der Waals surface area contributed by atoms with E-state index >= 15 is 0 Å². The summed E-state index contributed by atoms with van der Waals surface area (Å²) in [5.41, 5.74) is 7.43. The van der Waals surface area contributed by atoms with Crippen molar-refractivity contribution in [3.05, 3.63) is 24.5 Å². The second-order valence-corrected chi connectivity index (χ2v) is 5.15. The molecule has 19 heavy (non-hydrogen) atoms. The number of nitrogens with zero attached hydrogens (tertiary/aromatic N) is 2. The largest absolute Gasteiger partial charge is 0.399 e. The van der Waals surface area contributed by atoms with Crippen LogP contribution < -0.4 is 11.1 Å². The highest BCUT2D eigenvalue weighted by Gasteiger charge is 2.20. The molecule has 3 rings (SSSR count). The van der Waals surface area contributed by atoms with Gasteiger partial charge in [0.15, 0.2) is 0 Å². The van der Waals surface area contributed by atoms with Crippen molar-refractivity contribution in [1.82, 2.24) is 9.97 Å². The number of hydrogen-bond donors (Lipinski definition) is 3. The molecule has 1 aliphatic rings. The first kappa shape index (κ1) is 12.2. The van der Waals surface area contributed by atoms with Crippen molar-refractivity contribution in [2.24, 2.45) is 0 Å². The molecule has 5 heteroatoms. The number of nitrogens with one attached hydrogen (secondary N) is 1. The van der Waals surface area contributed by atoms with Gasteiger partial charge in [-0.1, -0.05) is 0 Å². The number of benzene rings is 1. The van der Waals surface area contributed by atoms with Crippen LogP contribution >= 0.6 is 0 Å². The van der Waals surface area contributed by atoms with Crippen molar-refractivity contribution >= 4 is 22.4 Å². The fourth-order valence-electron chi connectivity index (χ4n) is 2.60. The van der Waals surface area contributed by atoms with Gasteiger partial charge in [-0.2, -0.15) is 0 Å². The van der Waals surface area contributed by atoms with Gasteiger partial charge in [0.2, 0.25) is 0 Å². The molecule has 0 atom stereocenters. The zero-order valence-electron chi connectivity index (χ0n) is 10.7. The number of nitrogen functional groups attached to an aromatic ring is 1. The molecule has 1 saturated carbocycles. The van der Waals surface area contributed by atoms with E-state index in [2.05, 4.69) is 15.3 Å². The van der Waals surface area contributed by atoms with Gasteiger partial charge in [-0.15, -0.1) is 0 Å². The van der Waals surface area contributed by atoms with Crippen LogP contribution in [0.3, 0.4) is 0 Å². The molecule has 4 N–H and O–H groups in total. The third kappa shape index (κ3) is 2.61. The van der Waals surface area contributed by atoms with Crippen molar-refractivity contribution in [2.75, 3.05) is 11.1 Å². The molecule has 2 aromatic rings. The predicted molar refractivity (Wildman–Crippen MR) is 75.8 cm³/mol. The van der Waals surface area contributed by atoms with Gasteiger partial charge < -0.3 is 16.2 Å². The van der Waals surface area contributed by atoms with E-state index in [-0.39, 0.29) is 6.10 Å². The first-order chi connectivity index (χ1) is 9.22. The van der Waals surface area contributed by atoms with Gasteiger partial charge in [0, 0.05) is 17.1 Å². The fraction of sp³-hybridized carbons (Fsp3) is 0.429. The fourth-order valence-corrected chi connectivity index (χ4v) is 2.60. The van der Waals surface area contributed by atoms with E-state index in [0.29, 0.717) is 11.7 Å². The monoisotopic (exact) mass is 258 g/mol. The second kappa shape index (κ2) is 5.01. The Morgan fingerprint density at radius 1 is 1.16 bits per heavy atom. The van der Waals surface area contributed by atoms with Crippen LogP contribution in [0, 0.1) is 0 Å². The molecule has 0 radical (unpaired) electrons. The molecule has 100 valence electrons. The Hall–Kier alpha value is -1.88. The molecule has 0 bridgehead atoms. The zero-order valence-corrected chi connectivity index (χ0v) is 10.7. The number of hydrogen-bond acceptors (Lipinski definition) is 5. The first-order valence-corrected chi connectivity index (χ1v) is 6.67. The summed E-state index contributed by atoms with van der Waals surface area (Å²) in [5, 5.41) is 13.9. The number of aromatic nitrogens is 2. The minimum Gasteiger partial charge on any atom is -0.399 e. The van der Waals surface area contributed by atoms with E-state index in [1.54, 1.807) is 6.33 Å². The molecule has 0 unspecified atom stereocenters. The van der Waals surface area contributed by atoms with Gasteiger partial charge in [0.1, 0.15) is 12.1 Å². The number of fused-ring (bicyclic) bond motifs is 1. The third-order valence-electron chi connectivity index (χ3n) is 3.70. The highest BCUT2D eigenvalue weighted by atomic mass is 16.3. The maximum absolute atomic E-state index is 9.53. The minimum atomic E-state index is -0.143. The second-order valence-electron chi connectivity index (χ2n) is 5.15. The topological polar surface area (TPSA) is 84.1 Å². The van der Waals surface area contributed by atoms with Crippen molar-refractivity contribution < 1.29 is 5.11 Å². The lowest BCUT2D eigenvalue weighted by molar-refractivity contribution is 0.126. The van der Waals surface area contributed by atoms with Crippen molar-refractivity contribution in [3.63, 3.8) is 0 Å². The highest BCUT2D eigenvalue weighted by molar-refractivity contribution is 5.91.